The van der Waals surface area contributed by atoms with E-state index in [2.05, 4.69) is 37.9 Å². The van der Waals surface area contributed by atoms with Crippen LogP contribution in [0.25, 0.3) is 0 Å². The molecule has 1 unspecified atom stereocenters. The van der Waals surface area contributed by atoms with Crippen molar-refractivity contribution in [1.82, 2.24) is 10.2 Å². The van der Waals surface area contributed by atoms with Gasteiger partial charge in [0.25, 0.3) is 0 Å². The number of piperidine rings is 1. The zero-order valence-corrected chi connectivity index (χ0v) is 16.9. The third-order valence-electron chi connectivity index (χ3n) is 3.65. The first-order valence-electron chi connectivity index (χ1n) is 9.03. The Morgan fingerprint density at radius 1 is 1.17 bits per heavy atom. The summed E-state index contributed by atoms with van der Waals surface area (Å²) in [6.07, 6.45) is 2.11. The van der Waals surface area contributed by atoms with Crippen molar-refractivity contribution in [3.8, 4) is 11.8 Å². The molecule has 24 heavy (non-hydrogen) atoms. The Bertz CT molecular complexity index is 486. The van der Waals surface area contributed by atoms with Crippen LogP contribution in [0, 0.1) is 23.2 Å². The molecule has 1 rings (SSSR count). The minimum Gasteiger partial charge on any atom is -0.356 e. The molecular formula is C20H36N2O2. The lowest BCUT2D eigenvalue weighted by Crippen LogP contribution is -2.52. The number of carbonyl (C=O) groups excluding carboxylic acids is 1. The fourth-order valence-corrected chi connectivity index (χ4v) is 2.84. The van der Waals surface area contributed by atoms with Crippen LogP contribution in [0.4, 0.5) is 0 Å². The first kappa shape index (κ1) is 21.0. The van der Waals surface area contributed by atoms with Crippen molar-refractivity contribution in [2.75, 3.05) is 19.6 Å². The Kier molecular flexibility index (Phi) is 6.90. The Hall–Kier alpha value is -1.05. The molecule has 1 heterocycles. The molecule has 1 N–H and O–H groups in total. The molecule has 0 spiro atoms. The minimum absolute atomic E-state index is 0.0160. The largest absolute Gasteiger partial charge is 0.356 e. The molecule has 1 fully saturated rings. The lowest BCUT2D eigenvalue weighted by atomic mass is 9.93. The Morgan fingerprint density at radius 3 is 2.33 bits per heavy atom. The minimum atomic E-state index is -0.533. The zero-order valence-electron chi connectivity index (χ0n) is 16.9. The predicted molar refractivity (Wildman–Crippen MR) is 99.5 cm³/mol. The van der Waals surface area contributed by atoms with E-state index < -0.39 is 5.72 Å². The van der Waals surface area contributed by atoms with Gasteiger partial charge in [0.1, 0.15) is 5.72 Å². The average molecular weight is 337 g/mol. The number of nitrogens with one attached hydrogen (secondary N) is 1. The van der Waals surface area contributed by atoms with Gasteiger partial charge in [0.05, 0.1) is 12.1 Å². The SMILES string of the molecule is CC(C)(C)C#CC1CCCN(C(=O)CNC(C)(C)OC(C)(C)C)C1. The number of rotatable bonds is 4. The second kappa shape index (κ2) is 7.89. The molecule has 4 heteroatoms. The molecule has 1 aliphatic heterocycles. The smallest absolute Gasteiger partial charge is 0.236 e. The molecule has 0 bridgehead atoms. The highest BCUT2D eigenvalue weighted by atomic mass is 16.5. The standard InChI is InChI=1S/C20H36N2O2/c1-18(2,3)12-11-16-10-9-13-22(15-16)17(23)14-21-20(7,8)24-19(4,5)6/h16,21H,9-10,13-15H2,1-8H3. The monoisotopic (exact) mass is 336 g/mol. The first-order valence-corrected chi connectivity index (χ1v) is 9.03. The number of ether oxygens (including phenoxy) is 1. The van der Waals surface area contributed by atoms with Crippen LogP contribution in [0.1, 0.15) is 68.2 Å². The number of hydrogen-bond acceptors (Lipinski definition) is 3. The van der Waals surface area contributed by atoms with E-state index >= 15 is 0 Å². The highest BCUT2D eigenvalue weighted by Gasteiger charge is 2.28. The fourth-order valence-electron chi connectivity index (χ4n) is 2.84. The summed E-state index contributed by atoms with van der Waals surface area (Å²) in [7, 11) is 0. The van der Waals surface area contributed by atoms with Crippen LogP contribution in [0.2, 0.25) is 0 Å². The van der Waals surface area contributed by atoms with Gasteiger partial charge in [0.15, 0.2) is 0 Å². The Labute approximate surface area is 148 Å². The third kappa shape index (κ3) is 8.70. The van der Waals surface area contributed by atoms with Crippen molar-refractivity contribution in [2.45, 2.75) is 79.6 Å². The van der Waals surface area contributed by atoms with Gasteiger partial charge in [0, 0.05) is 24.4 Å². The van der Waals surface area contributed by atoms with E-state index in [-0.39, 0.29) is 16.9 Å². The van der Waals surface area contributed by atoms with Gasteiger partial charge in [-0.15, -0.1) is 0 Å². The molecule has 1 amide bonds. The van der Waals surface area contributed by atoms with Gasteiger partial charge in [-0.3, -0.25) is 10.1 Å². The van der Waals surface area contributed by atoms with Gasteiger partial charge in [-0.25, -0.2) is 0 Å². The summed E-state index contributed by atoms with van der Waals surface area (Å²) in [6.45, 7) is 18.2. The van der Waals surface area contributed by atoms with Gasteiger partial charge >= 0.3 is 0 Å². The Morgan fingerprint density at radius 2 is 1.79 bits per heavy atom. The van der Waals surface area contributed by atoms with E-state index in [4.69, 9.17) is 4.74 Å². The van der Waals surface area contributed by atoms with E-state index in [1.165, 1.54) is 0 Å². The molecule has 1 saturated heterocycles. The summed E-state index contributed by atoms with van der Waals surface area (Å²) in [5, 5.41) is 3.23. The quantitative estimate of drug-likeness (QED) is 0.632. The topological polar surface area (TPSA) is 41.6 Å². The van der Waals surface area contributed by atoms with E-state index in [9.17, 15) is 4.79 Å². The van der Waals surface area contributed by atoms with Crippen LogP contribution in [0.3, 0.4) is 0 Å². The zero-order chi connectivity index (χ0) is 18.6. The van der Waals surface area contributed by atoms with E-state index in [0.717, 1.165) is 25.9 Å². The van der Waals surface area contributed by atoms with Crippen LogP contribution in [-0.2, 0) is 9.53 Å². The van der Waals surface area contributed by atoms with Crippen molar-refractivity contribution < 1.29 is 9.53 Å². The van der Waals surface area contributed by atoms with Gasteiger partial charge < -0.3 is 9.64 Å². The molecule has 1 atom stereocenters. The summed E-state index contributed by atoms with van der Waals surface area (Å²) < 4.78 is 5.96. The van der Waals surface area contributed by atoms with Crippen molar-refractivity contribution in [3.05, 3.63) is 0 Å². The Balaban J connectivity index is 2.54. The summed E-state index contributed by atoms with van der Waals surface area (Å²) in [4.78, 5) is 14.5. The third-order valence-corrected chi connectivity index (χ3v) is 3.65. The normalized spacial score (nSPS) is 19.7. The maximum absolute atomic E-state index is 12.5. The van der Waals surface area contributed by atoms with Gasteiger partial charge in [-0.1, -0.05) is 11.8 Å². The summed E-state index contributed by atoms with van der Waals surface area (Å²) in [6, 6.07) is 0. The lowest BCUT2D eigenvalue weighted by Gasteiger charge is -2.36. The maximum atomic E-state index is 12.5. The molecule has 0 aromatic heterocycles. The number of hydrogen-bond donors (Lipinski definition) is 1. The molecule has 0 aromatic rings. The van der Waals surface area contributed by atoms with Crippen LogP contribution in [-0.4, -0.2) is 41.8 Å². The van der Waals surface area contributed by atoms with Crippen LogP contribution in [0.15, 0.2) is 0 Å². The number of amides is 1. The van der Waals surface area contributed by atoms with Gasteiger partial charge in [0.2, 0.25) is 5.91 Å². The maximum Gasteiger partial charge on any atom is 0.236 e. The lowest BCUT2D eigenvalue weighted by molar-refractivity contribution is -0.143. The molecule has 0 radical (unpaired) electrons. The molecular weight excluding hydrogens is 300 g/mol. The number of carbonyl (C=O) groups is 1. The highest BCUT2D eigenvalue weighted by Crippen LogP contribution is 2.19. The van der Waals surface area contributed by atoms with Crippen molar-refractivity contribution >= 4 is 5.91 Å². The summed E-state index contributed by atoms with van der Waals surface area (Å²) >= 11 is 0. The fraction of sp³-hybridized carbons (Fsp3) is 0.850. The predicted octanol–water partition coefficient (Wildman–Crippen LogP) is 3.42. The van der Waals surface area contributed by atoms with E-state index in [0.29, 0.717) is 12.5 Å². The van der Waals surface area contributed by atoms with Gasteiger partial charge in [-0.05, 0) is 68.2 Å². The molecule has 0 saturated carbocycles. The van der Waals surface area contributed by atoms with Crippen LogP contribution in [0.5, 0.6) is 0 Å². The van der Waals surface area contributed by atoms with E-state index in [1.807, 2.05) is 39.5 Å². The summed E-state index contributed by atoms with van der Waals surface area (Å²) in [5.41, 5.74) is -0.768. The first-order chi connectivity index (χ1) is 10.8. The van der Waals surface area contributed by atoms with Gasteiger partial charge in [-0.2, -0.15) is 0 Å². The second-order valence-corrected chi connectivity index (χ2v) is 9.28. The molecule has 138 valence electrons. The molecule has 0 aromatic carbocycles. The van der Waals surface area contributed by atoms with Crippen LogP contribution < -0.4 is 5.32 Å². The summed E-state index contributed by atoms with van der Waals surface area (Å²) in [5.74, 6) is 7.09. The molecule has 1 aliphatic rings. The van der Waals surface area contributed by atoms with E-state index in [1.54, 1.807) is 0 Å². The van der Waals surface area contributed by atoms with Crippen molar-refractivity contribution in [1.29, 1.82) is 0 Å². The average Bonchev–Trinajstić information content (AvgIpc) is 2.40. The van der Waals surface area contributed by atoms with Crippen molar-refractivity contribution in [3.63, 3.8) is 0 Å². The molecule has 0 aliphatic carbocycles. The van der Waals surface area contributed by atoms with Crippen molar-refractivity contribution in [2.24, 2.45) is 11.3 Å². The second-order valence-electron chi connectivity index (χ2n) is 9.28. The molecule has 4 nitrogen and oxygen atoms in total. The number of nitrogens with zero attached hydrogens (tertiary/aromatic N) is 1. The number of likely N-dealkylation sites (tertiary alicyclic amines) is 1. The highest BCUT2D eigenvalue weighted by molar-refractivity contribution is 5.78. The van der Waals surface area contributed by atoms with Crippen LogP contribution >= 0.6 is 0 Å².